The molecule has 4 aromatic rings. The first-order valence-electron chi connectivity index (χ1n) is 13.5. The van der Waals surface area contributed by atoms with Crippen LogP contribution in [0.1, 0.15) is 45.9 Å². The number of hydrogen-bond donors (Lipinski definition) is 2. The highest BCUT2D eigenvalue weighted by atomic mass is 32.1. The average Bonchev–Trinajstić information content (AvgIpc) is 3.45. The van der Waals surface area contributed by atoms with Crippen molar-refractivity contribution < 1.29 is 14.3 Å². The van der Waals surface area contributed by atoms with Crippen LogP contribution in [0, 0.1) is 27.7 Å². The van der Waals surface area contributed by atoms with Gasteiger partial charge >= 0.3 is 0 Å². The Hall–Kier alpha value is -4.21. The molecule has 0 aliphatic carbocycles. The summed E-state index contributed by atoms with van der Waals surface area (Å²) in [5.41, 5.74) is 9.20. The summed E-state index contributed by atoms with van der Waals surface area (Å²) in [6.45, 7) is 8.48. The van der Waals surface area contributed by atoms with Gasteiger partial charge in [0.05, 0.1) is 30.6 Å². The second-order valence-corrected chi connectivity index (χ2v) is 10.7. The number of carbonyl (C=O) groups is 1. The third kappa shape index (κ3) is 5.42. The number of nitrogens with zero attached hydrogens (tertiary/aromatic N) is 3. The van der Waals surface area contributed by atoms with E-state index in [0.717, 1.165) is 34.0 Å². The number of anilines is 2. The van der Waals surface area contributed by atoms with Gasteiger partial charge < -0.3 is 29.6 Å². The van der Waals surface area contributed by atoms with Crippen LogP contribution in [0.15, 0.2) is 66.9 Å². The van der Waals surface area contributed by atoms with Gasteiger partial charge in [-0.2, -0.15) is 0 Å². The van der Waals surface area contributed by atoms with Crippen molar-refractivity contribution in [3.05, 3.63) is 101 Å². The summed E-state index contributed by atoms with van der Waals surface area (Å²) in [5.74, 6) is 0.271. The second-order valence-electron chi connectivity index (χ2n) is 10.3. The maximum absolute atomic E-state index is 12.4. The van der Waals surface area contributed by atoms with E-state index in [9.17, 15) is 4.79 Å². The molecule has 9 heteroatoms. The fourth-order valence-corrected chi connectivity index (χ4v) is 5.97. The van der Waals surface area contributed by atoms with E-state index < -0.39 is 0 Å². The molecule has 0 unspecified atom stereocenters. The number of pyridine rings is 1. The third-order valence-corrected chi connectivity index (χ3v) is 7.82. The first-order valence-corrected chi connectivity index (χ1v) is 13.9. The first-order chi connectivity index (χ1) is 19.7. The van der Waals surface area contributed by atoms with Crippen LogP contribution in [0.3, 0.4) is 0 Å². The highest BCUT2D eigenvalue weighted by Gasteiger charge is 2.42. The van der Waals surface area contributed by atoms with E-state index in [-0.39, 0.29) is 24.6 Å². The number of hydrogen-bond acceptors (Lipinski definition) is 5. The number of aromatic nitrogens is 2. The van der Waals surface area contributed by atoms with E-state index in [1.54, 1.807) is 13.3 Å². The molecule has 0 spiro atoms. The maximum Gasteiger partial charge on any atom is 0.250 e. The standard InChI is InChI=1S/C32H35N5O3S/c1-19-10-11-20(2)27(15-19)36-21(3)16-24(22(36)4)31-30(25-9-7-8-14-33-25)35-32(41)37(31)23-12-13-28(40-6)26(17-23)34-29(38)18-39-5/h7-17,30-31H,18H2,1-6H3,(H,34,38)(H,35,41)/t30-,31+/m1/s1. The van der Waals surface area contributed by atoms with Crippen molar-refractivity contribution in [3.8, 4) is 11.4 Å². The van der Waals surface area contributed by atoms with Crippen LogP contribution in [0.4, 0.5) is 11.4 Å². The Kier molecular flexibility index (Phi) is 8.10. The van der Waals surface area contributed by atoms with Crippen LogP contribution in [0.2, 0.25) is 0 Å². The minimum absolute atomic E-state index is 0.0637. The van der Waals surface area contributed by atoms with Gasteiger partial charge in [-0.05, 0) is 99.1 Å². The number of thiocarbonyl (C=S) groups is 1. The zero-order chi connectivity index (χ0) is 29.3. The summed E-state index contributed by atoms with van der Waals surface area (Å²) in [6, 6.07) is 20.0. The summed E-state index contributed by atoms with van der Waals surface area (Å²) in [5, 5.41) is 7.01. The van der Waals surface area contributed by atoms with Crippen molar-refractivity contribution in [1.82, 2.24) is 14.9 Å². The summed E-state index contributed by atoms with van der Waals surface area (Å²) in [7, 11) is 3.06. The van der Waals surface area contributed by atoms with Crippen molar-refractivity contribution in [2.45, 2.75) is 39.8 Å². The Morgan fingerprint density at radius 1 is 1.05 bits per heavy atom. The largest absolute Gasteiger partial charge is 0.495 e. The first kappa shape index (κ1) is 28.3. The lowest BCUT2D eigenvalue weighted by atomic mass is 9.96. The normalized spacial score (nSPS) is 16.5. The molecule has 2 atom stereocenters. The Morgan fingerprint density at radius 2 is 1.85 bits per heavy atom. The molecule has 8 nitrogen and oxygen atoms in total. The van der Waals surface area contributed by atoms with Crippen LogP contribution in [0.5, 0.6) is 5.75 Å². The van der Waals surface area contributed by atoms with Gasteiger partial charge in [0.15, 0.2) is 5.11 Å². The Labute approximate surface area is 246 Å². The molecule has 1 fully saturated rings. The zero-order valence-corrected chi connectivity index (χ0v) is 25.0. The summed E-state index contributed by atoms with van der Waals surface area (Å²) in [4.78, 5) is 19.2. The summed E-state index contributed by atoms with van der Waals surface area (Å²) < 4.78 is 12.9. The molecule has 0 radical (unpaired) electrons. The van der Waals surface area contributed by atoms with Gasteiger partial charge in [0.25, 0.3) is 0 Å². The molecule has 2 aromatic carbocycles. The third-order valence-electron chi connectivity index (χ3n) is 7.50. The van der Waals surface area contributed by atoms with Crippen LogP contribution in [-0.2, 0) is 9.53 Å². The SMILES string of the molecule is COCC(=O)Nc1cc(N2C(=S)N[C@H](c3ccccn3)[C@@H]2c2cc(C)n(-c3cc(C)ccc3C)c2C)ccc1OC. The lowest BCUT2D eigenvalue weighted by molar-refractivity contribution is -0.119. The summed E-state index contributed by atoms with van der Waals surface area (Å²) >= 11 is 5.97. The second kappa shape index (κ2) is 11.7. The van der Waals surface area contributed by atoms with E-state index in [1.165, 1.54) is 18.2 Å². The number of carbonyl (C=O) groups excluding carboxylic acids is 1. The van der Waals surface area contributed by atoms with E-state index in [4.69, 9.17) is 26.7 Å². The number of ether oxygens (including phenoxy) is 2. The molecule has 1 aliphatic rings. The molecule has 1 aliphatic heterocycles. The van der Waals surface area contributed by atoms with Gasteiger partial charge in [-0.15, -0.1) is 0 Å². The molecule has 5 rings (SSSR count). The quantitative estimate of drug-likeness (QED) is 0.257. The van der Waals surface area contributed by atoms with Crippen molar-refractivity contribution in [2.75, 3.05) is 31.0 Å². The van der Waals surface area contributed by atoms with Crippen LogP contribution < -0.4 is 20.3 Å². The predicted molar refractivity (Wildman–Crippen MR) is 166 cm³/mol. The van der Waals surface area contributed by atoms with Gasteiger partial charge in [0.1, 0.15) is 12.4 Å². The fraction of sp³-hybridized carbons (Fsp3) is 0.281. The number of rotatable bonds is 8. The maximum atomic E-state index is 12.4. The van der Waals surface area contributed by atoms with Crippen molar-refractivity contribution in [3.63, 3.8) is 0 Å². The van der Waals surface area contributed by atoms with Gasteiger partial charge in [0.2, 0.25) is 5.91 Å². The zero-order valence-electron chi connectivity index (χ0n) is 24.2. The Morgan fingerprint density at radius 3 is 2.56 bits per heavy atom. The van der Waals surface area contributed by atoms with Crippen LogP contribution in [0.25, 0.3) is 5.69 Å². The van der Waals surface area contributed by atoms with Gasteiger partial charge in [0, 0.05) is 36.1 Å². The number of benzene rings is 2. The minimum atomic E-state index is -0.273. The van der Waals surface area contributed by atoms with Gasteiger partial charge in [-0.25, -0.2) is 0 Å². The lowest BCUT2D eigenvalue weighted by Gasteiger charge is -2.29. The highest BCUT2D eigenvalue weighted by molar-refractivity contribution is 7.80. The topological polar surface area (TPSA) is 80.7 Å². The van der Waals surface area contributed by atoms with E-state index in [0.29, 0.717) is 16.5 Å². The monoisotopic (exact) mass is 569 g/mol. The highest BCUT2D eigenvalue weighted by Crippen LogP contribution is 2.45. The Bertz CT molecular complexity index is 1600. The average molecular weight is 570 g/mol. The van der Waals surface area contributed by atoms with E-state index in [1.807, 2.05) is 36.4 Å². The molecule has 41 heavy (non-hydrogen) atoms. The number of nitrogens with one attached hydrogen (secondary N) is 2. The molecule has 0 bridgehead atoms. The van der Waals surface area contributed by atoms with Gasteiger partial charge in [-0.1, -0.05) is 18.2 Å². The number of aryl methyl sites for hydroxylation is 3. The lowest BCUT2D eigenvalue weighted by Crippen LogP contribution is -2.29. The predicted octanol–water partition coefficient (Wildman–Crippen LogP) is 5.88. The molecular formula is C32H35N5O3S. The smallest absolute Gasteiger partial charge is 0.250 e. The Balaban J connectivity index is 1.66. The number of amides is 1. The minimum Gasteiger partial charge on any atom is -0.495 e. The molecule has 212 valence electrons. The molecule has 1 amide bonds. The summed E-state index contributed by atoms with van der Waals surface area (Å²) in [6.07, 6.45) is 1.80. The van der Waals surface area contributed by atoms with Crippen molar-refractivity contribution in [1.29, 1.82) is 0 Å². The van der Waals surface area contributed by atoms with Crippen LogP contribution >= 0.6 is 12.2 Å². The molecule has 2 aromatic heterocycles. The molecule has 1 saturated heterocycles. The van der Waals surface area contributed by atoms with E-state index in [2.05, 4.69) is 72.1 Å². The number of methoxy groups -OCH3 is 2. The molecule has 0 saturated carbocycles. The van der Waals surface area contributed by atoms with E-state index >= 15 is 0 Å². The van der Waals surface area contributed by atoms with Crippen molar-refractivity contribution >= 4 is 34.6 Å². The van der Waals surface area contributed by atoms with Crippen LogP contribution in [-0.4, -0.2) is 41.4 Å². The van der Waals surface area contributed by atoms with Crippen molar-refractivity contribution in [2.24, 2.45) is 0 Å². The molecule has 2 N–H and O–H groups in total. The molecule has 3 heterocycles. The molecular weight excluding hydrogens is 534 g/mol. The van der Waals surface area contributed by atoms with Gasteiger partial charge in [-0.3, -0.25) is 9.78 Å². The fourth-order valence-electron chi connectivity index (χ4n) is 5.63.